The maximum absolute atomic E-state index is 12.5. The fourth-order valence-corrected chi connectivity index (χ4v) is 4.25. The SMILES string of the molecule is CCCC(C[SiH](C)OC)C(=O)OCC(CC(C)(C)C)C(C)(C)C. The molecule has 0 heterocycles. The van der Waals surface area contributed by atoms with Gasteiger partial charge in [0.1, 0.15) is 0 Å². The molecule has 138 valence electrons. The summed E-state index contributed by atoms with van der Waals surface area (Å²) in [6.45, 7) is 18.3. The van der Waals surface area contributed by atoms with Gasteiger partial charge in [0.2, 0.25) is 0 Å². The quantitative estimate of drug-likeness (QED) is 0.434. The normalized spacial score (nSPS) is 16.7. The fourth-order valence-electron chi connectivity index (χ4n) is 2.83. The lowest BCUT2D eigenvalue weighted by molar-refractivity contribution is -0.151. The van der Waals surface area contributed by atoms with Crippen molar-refractivity contribution < 1.29 is 14.0 Å². The number of esters is 1. The van der Waals surface area contributed by atoms with Crippen molar-refractivity contribution in [2.75, 3.05) is 13.7 Å². The molecular formula is C19H40O3Si. The van der Waals surface area contributed by atoms with Gasteiger partial charge in [0.25, 0.3) is 0 Å². The van der Waals surface area contributed by atoms with Crippen molar-refractivity contribution in [2.24, 2.45) is 22.7 Å². The van der Waals surface area contributed by atoms with Crippen LogP contribution in [0.4, 0.5) is 0 Å². The lowest BCUT2D eigenvalue weighted by atomic mass is 9.72. The Morgan fingerprint density at radius 3 is 2.09 bits per heavy atom. The minimum atomic E-state index is -1.25. The Morgan fingerprint density at radius 1 is 1.13 bits per heavy atom. The van der Waals surface area contributed by atoms with Gasteiger partial charge in [-0.25, -0.2) is 0 Å². The van der Waals surface area contributed by atoms with E-state index in [9.17, 15) is 4.79 Å². The second kappa shape index (κ2) is 9.82. The molecule has 0 amide bonds. The molecule has 3 unspecified atom stereocenters. The molecule has 4 heteroatoms. The summed E-state index contributed by atoms with van der Waals surface area (Å²) in [5, 5.41) is 0. The van der Waals surface area contributed by atoms with Gasteiger partial charge in [-0.1, -0.05) is 54.9 Å². The zero-order valence-corrected chi connectivity index (χ0v) is 18.1. The zero-order valence-electron chi connectivity index (χ0n) is 17.0. The van der Waals surface area contributed by atoms with Crippen LogP contribution in [0.2, 0.25) is 12.6 Å². The molecule has 0 saturated carbocycles. The van der Waals surface area contributed by atoms with Crippen LogP contribution < -0.4 is 0 Å². The predicted molar refractivity (Wildman–Crippen MR) is 101 cm³/mol. The Kier molecular flexibility index (Phi) is 9.67. The Bertz CT molecular complexity index is 342. The first-order chi connectivity index (χ1) is 10.4. The van der Waals surface area contributed by atoms with Crippen LogP contribution in [-0.2, 0) is 14.0 Å². The second-order valence-electron chi connectivity index (χ2n) is 9.23. The molecule has 0 aromatic carbocycles. The number of carbonyl (C=O) groups is 1. The van der Waals surface area contributed by atoms with Gasteiger partial charge in [-0.05, 0) is 42.2 Å². The topological polar surface area (TPSA) is 35.5 Å². The van der Waals surface area contributed by atoms with Crippen LogP contribution in [0.15, 0.2) is 0 Å². The van der Waals surface area contributed by atoms with Gasteiger partial charge in [0.15, 0.2) is 9.04 Å². The first kappa shape index (κ1) is 22.6. The third-order valence-electron chi connectivity index (χ3n) is 4.50. The van der Waals surface area contributed by atoms with Crippen molar-refractivity contribution in [3.05, 3.63) is 0 Å². The summed E-state index contributed by atoms with van der Waals surface area (Å²) >= 11 is 0. The first-order valence-corrected chi connectivity index (χ1v) is 11.5. The molecule has 23 heavy (non-hydrogen) atoms. The van der Waals surface area contributed by atoms with Crippen molar-refractivity contribution in [2.45, 2.75) is 80.3 Å². The molecule has 0 bridgehead atoms. The molecule has 0 aromatic heterocycles. The van der Waals surface area contributed by atoms with Crippen LogP contribution in [0.5, 0.6) is 0 Å². The molecular weight excluding hydrogens is 304 g/mol. The highest BCUT2D eigenvalue weighted by atomic mass is 28.3. The third kappa shape index (κ3) is 10.2. The van der Waals surface area contributed by atoms with Gasteiger partial charge >= 0.3 is 5.97 Å². The predicted octanol–water partition coefficient (Wildman–Crippen LogP) is 5.04. The molecule has 0 aliphatic rings. The molecule has 0 aromatic rings. The summed E-state index contributed by atoms with van der Waals surface area (Å²) in [7, 11) is 0.509. The Balaban J connectivity index is 4.75. The van der Waals surface area contributed by atoms with E-state index in [1.165, 1.54) is 0 Å². The van der Waals surface area contributed by atoms with Crippen molar-refractivity contribution in [3.8, 4) is 0 Å². The Labute approximate surface area is 146 Å². The maximum Gasteiger partial charge on any atom is 0.308 e. The minimum absolute atomic E-state index is 0.0110. The number of carbonyl (C=O) groups excluding carboxylic acids is 1. The van der Waals surface area contributed by atoms with E-state index < -0.39 is 9.04 Å². The van der Waals surface area contributed by atoms with Crippen LogP contribution >= 0.6 is 0 Å². The van der Waals surface area contributed by atoms with Crippen molar-refractivity contribution >= 4 is 15.0 Å². The van der Waals surface area contributed by atoms with Gasteiger partial charge in [-0.2, -0.15) is 0 Å². The Morgan fingerprint density at radius 2 is 1.70 bits per heavy atom. The molecule has 0 fully saturated rings. The highest BCUT2D eigenvalue weighted by molar-refractivity contribution is 6.50. The van der Waals surface area contributed by atoms with Gasteiger partial charge in [0, 0.05) is 7.11 Å². The lowest BCUT2D eigenvalue weighted by Crippen LogP contribution is -2.32. The molecule has 0 N–H and O–H groups in total. The highest BCUT2D eigenvalue weighted by Gasteiger charge is 2.31. The van der Waals surface area contributed by atoms with E-state index >= 15 is 0 Å². The molecule has 0 spiro atoms. The van der Waals surface area contributed by atoms with E-state index in [2.05, 4.69) is 55.0 Å². The molecule has 0 radical (unpaired) electrons. The fraction of sp³-hybridized carbons (Fsp3) is 0.947. The molecule has 0 saturated heterocycles. The van der Waals surface area contributed by atoms with Gasteiger partial charge < -0.3 is 9.16 Å². The average molecular weight is 345 g/mol. The van der Waals surface area contributed by atoms with Crippen LogP contribution in [0.1, 0.15) is 67.7 Å². The zero-order chi connectivity index (χ0) is 18.3. The van der Waals surface area contributed by atoms with Gasteiger partial charge in [-0.3, -0.25) is 4.79 Å². The first-order valence-electron chi connectivity index (χ1n) is 9.10. The lowest BCUT2D eigenvalue weighted by Gasteiger charge is -2.35. The monoisotopic (exact) mass is 344 g/mol. The number of hydrogen-bond acceptors (Lipinski definition) is 3. The van der Waals surface area contributed by atoms with Crippen LogP contribution in [-0.4, -0.2) is 28.7 Å². The van der Waals surface area contributed by atoms with Gasteiger partial charge in [-0.15, -0.1) is 0 Å². The summed E-state index contributed by atoms with van der Waals surface area (Å²) in [4.78, 5) is 12.5. The number of hydrogen-bond donors (Lipinski definition) is 0. The van der Waals surface area contributed by atoms with E-state index in [1.54, 1.807) is 7.11 Å². The van der Waals surface area contributed by atoms with Crippen LogP contribution in [0.3, 0.4) is 0 Å². The number of ether oxygens (including phenoxy) is 1. The van der Waals surface area contributed by atoms with Crippen LogP contribution in [0, 0.1) is 22.7 Å². The second-order valence-corrected chi connectivity index (χ2v) is 11.8. The van der Waals surface area contributed by atoms with E-state index in [1.807, 2.05) is 0 Å². The largest absolute Gasteiger partial charge is 0.465 e. The van der Waals surface area contributed by atoms with E-state index in [-0.39, 0.29) is 22.7 Å². The summed E-state index contributed by atoms with van der Waals surface area (Å²) in [5.41, 5.74) is 0.382. The van der Waals surface area contributed by atoms with Crippen molar-refractivity contribution in [1.29, 1.82) is 0 Å². The molecule has 0 rings (SSSR count). The van der Waals surface area contributed by atoms with Crippen molar-refractivity contribution in [1.82, 2.24) is 0 Å². The highest BCUT2D eigenvalue weighted by Crippen LogP contribution is 2.36. The number of rotatable bonds is 9. The van der Waals surface area contributed by atoms with E-state index in [0.29, 0.717) is 12.5 Å². The molecule has 3 atom stereocenters. The molecule has 3 nitrogen and oxygen atoms in total. The van der Waals surface area contributed by atoms with E-state index in [0.717, 1.165) is 25.3 Å². The van der Waals surface area contributed by atoms with Crippen LogP contribution in [0.25, 0.3) is 0 Å². The molecule has 0 aliphatic heterocycles. The minimum Gasteiger partial charge on any atom is -0.465 e. The third-order valence-corrected chi connectivity index (χ3v) is 6.54. The standard InChI is InChI=1S/C19H40O3Si/c1-10-11-15(14-23(9)21-8)17(20)22-13-16(19(5,6)7)12-18(2,3)4/h15-16,23H,10-14H2,1-9H3. The van der Waals surface area contributed by atoms with Crippen molar-refractivity contribution in [3.63, 3.8) is 0 Å². The Hall–Kier alpha value is -0.353. The summed E-state index contributed by atoms with van der Waals surface area (Å²) in [5.74, 6) is 0.370. The maximum atomic E-state index is 12.5. The summed E-state index contributed by atoms with van der Waals surface area (Å²) in [6, 6.07) is 0.878. The summed E-state index contributed by atoms with van der Waals surface area (Å²) in [6.07, 6.45) is 2.97. The summed E-state index contributed by atoms with van der Waals surface area (Å²) < 4.78 is 11.2. The van der Waals surface area contributed by atoms with Gasteiger partial charge in [0.05, 0.1) is 12.5 Å². The smallest absolute Gasteiger partial charge is 0.308 e. The average Bonchev–Trinajstić information content (AvgIpc) is 2.39. The van der Waals surface area contributed by atoms with E-state index in [4.69, 9.17) is 9.16 Å². The molecule has 0 aliphatic carbocycles.